The Balaban J connectivity index is 3.56. The van der Waals surface area contributed by atoms with E-state index in [1.165, 1.54) is 0 Å². The Morgan fingerprint density at radius 3 is 2.29 bits per heavy atom. The molecule has 17 heavy (non-hydrogen) atoms. The molecule has 3 nitrogen and oxygen atoms in total. The summed E-state index contributed by atoms with van der Waals surface area (Å²) >= 11 is 0. The molecule has 0 bridgehead atoms. The van der Waals surface area contributed by atoms with Crippen LogP contribution >= 0.6 is 0 Å². The predicted molar refractivity (Wildman–Crippen MR) is 59.8 cm³/mol. The third-order valence-corrected chi connectivity index (χ3v) is 2.08. The maximum Gasteiger partial charge on any atom is 0.401 e. The topological polar surface area (TPSA) is 41.5 Å². The smallest absolute Gasteiger partial charge is 0.389 e. The van der Waals surface area contributed by atoms with Gasteiger partial charge >= 0.3 is 6.18 Å². The summed E-state index contributed by atoms with van der Waals surface area (Å²) < 4.78 is 40.7. The van der Waals surface area contributed by atoms with E-state index in [1.54, 1.807) is 0 Å². The first-order valence-corrected chi connectivity index (χ1v) is 5.78. The highest BCUT2D eigenvalue weighted by molar-refractivity contribution is 4.63. The van der Waals surface area contributed by atoms with Crippen molar-refractivity contribution in [2.75, 3.05) is 19.7 Å². The van der Waals surface area contributed by atoms with Crippen LogP contribution in [0.15, 0.2) is 0 Å². The van der Waals surface area contributed by atoms with Gasteiger partial charge in [-0.1, -0.05) is 13.8 Å². The van der Waals surface area contributed by atoms with Crippen LogP contribution in [0.2, 0.25) is 0 Å². The molecule has 0 heterocycles. The highest BCUT2D eigenvalue weighted by Gasteiger charge is 2.26. The molecule has 0 aromatic heterocycles. The van der Waals surface area contributed by atoms with Gasteiger partial charge in [0, 0.05) is 6.54 Å². The Hall–Kier alpha value is -0.330. The first-order valence-electron chi connectivity index (χ1n) is 5.78. The second-order valence-corrected chi connectivity index (χ2v) is 4.67. The number of hydrogen-bond acceptors (Lipinski definition) is 3. The lowest BCUT2D eigenvalue weighted by Crippen LogP contribution is -2.37. The van der Waals surface area contributed by atoms with Crippen LogP contribution in [0.25, 0.3) is 0 Å². The Morgan fingerprint density at radius 1 is 1.24 bits per heavy atom. The number of ether oxygens (including phenoxy) is 1. The van der Waals surface area contributed by atoms with Crippen LogP contribution in [0.4, 0.5) is 13.2 Å². The number of halogens is 3. The van der Waals surface area contributed by atoms with Crippen LogP contribution in [-0.4, -0.2) is 43.2 Å². The summed E-state index contributed by atoms with van der Waals surface area (Å²) in [5, 5.41) is 11.5. The molecule has 2 unspecified atom stereocenters. The molecule has 104 valence electrons. The lowest BCUT2D eigenvalue weighted by Gasteiger charge is -2.18. The van der Waals surface area contributed by atoms with Crippen LogP contribution in [-0.2, 0) is 4.74 Å². The lowest BCUT2D eigenvalue weighted by atomic mass is 10.1. The molecule has 0 amide bonds. The average Bonchev–Trinajstić information content (AvgIpc) is 2.11. The summed E-state index contributed by atoms with van der Waals surface area (Å²) in [5.74, 6) is 0.491. The zero-order valence-electron chi connectivity index (χ0n) is 10.5. The summed E-state index contributed by atoms with van der Waals surface area (Å²) in [6.07, 6.45) is -4.28. The summed E-state index contributed by atoms with van der Waals surface area (Å²) in [5.41, 5.74) is 0. The molecule has 0 aromatic carbocycles. The van der Waals surface area contributed by atoms with E-state index in [-0.39, 0.29) is 19.3 Å². The van der Waals surface area contributed by atoms with Crippen molar-refractivity contribution < 1.29 is 23.0 Å². The second kappa shape index (κ2) is 7.89. The largest absolute Gasteiger partial charge is 0.401 e. The summed E-state index contributed by atoms with van der Waals surface area (Å²) in [7, 11) is 0. The number of aliphatic hydroxyl groups excluding tert-OH is 1. The van der Waals surface area contributed by atoms with E-state index in [1.807, 2.05) is 6.92 Å². The molecular formula is C11H22F3NO2. The number of nitrogens with one attached hydrogen (secondary N) is 1. The Bertz CT molecular complexity index is 198. The standard InChI is InChI=1S/C11H22F3NO2/c1-8(2)4-9(3)17-6-10(16)5-15-7-11(12,13)14/h8-10,15-16H,4-7H2,1-3H3. The molecular weight excluding hydrogens is 235 g/mol. The average molecular weight is 257 g/mol. The van der Waals surface area contributed by atoms with E-state index < -0.39 is 18.8 Å². The maximum absolute atomic E-state index is 11.8. The maximum atomic E-state index is 11.8. The van der Waals surface area contributed by atoms with Gasteiger partial charge < -0.3 is 15.2 Å². The number of alkyl halides is 3. The molecule has 6 heteroatoms. The normalized spacial score (nSPS) is 16.2. The minimum Gasteiger partial charge on any atom is -0.389 e. The highest BCUT2D eigenvalue weighted by atomic mass is 19.4. The van der Waals surface area contributed by atoms with Crippen LogP contribution in [0, 0.1) is 5.92 Å². The van der Waals surface area contributed by atoms with Crippen LogP contribution in [0.3, 0.4) is 0 Å². The molecule has 0 aliphatic carbocycles. The van der Waals surface area contributed by atoms with E-state index >= 15 is 0 Å². The van der Waals surface area contributed by atoms with Gasteiger partial charge in [-0.25, -0.2) is 0 Å². The van der Waals surface area contributed by atoms with Gasteiger partial charge in [0.1, 0.15) is 0 Å². The van der Waals surface area contributed by atoms with E-state index in [0.717, 1.165) is 6.42 Å². The fourth-order valence-corrected chi connectivity index (χ4v) is 1.45. The second-order valence-electron chi connectivity index (χ2n) is 4.67. The quantitative estimate of drug-likeness (QED) is 0.698. The third kappa shape index (κ3) is 11.9. The van der Waals surface area contributed by atoms with Crippen LogP contribution in [0.5, 0.6) is 0 Å². The van der Waals surface area contributed by atoms with Crippen molar-refractivity contribution in [1.29, 1.82) is 0 Å². The zero-order valence-corrected chi connectivity index (χ0v) is 10.5. The van der Waals surface area contributed by atoms with E-state index in [2.05, 4.69) is 19.2 Å². The van der Waals surface area contributed by atoms with Gasteiger partial charge in [-0.3, -0.25) is 0 Å². The molecule has 0 spiro atoms. The SMILES string of the molecule is CC(C)CC(C)OCC(O)CNCC(F)(F)F. The molecule has 0 aromatic rings. The van der Waals surface area contributed by atoms with E-state index in [0.29, 0.717) is 5.92 Å². The Kier molecular flexibility index (Phi) is 7.74. The minimum atomic E-state index is -4.24. The van der Waals surface area contributed by atoms with Gasteiger partial charge in [0.15, 0.2) is 0 Å². The summed E-state index contributed by atoms with van der Waals surface area (Å²) in [6, 6.07) is 0. The van der Waals surface area contributed by atoms with Gasteiger partial charge in [0.25, 0.3) is 0 Å². The van der Waals surface area contributed by atoms with Crippen molar-refractivity contribution in [2.45, 2.75) is 45.6 Å². The fraction of sp³-hybridized carbons (Fsp3) is 1.00. The molecule has 2 atom stereocenters. The van der Waals surface area contributed by atoms with E-state index in [4.69, 9.17) is 4.74 Å². The third-order valence-electron chi connectivity index (χ3n) is 2.08. The van der Waals surface area contributed by atoms with Gasteiger partial charge in [-0.05, 0) is 19.3 Å². The molecule has 0 saturated heterocycles. The molecule has 0 rings (SSSR count). The van der Waals surface area contributed by atoms with E-state index in [9.17, 15) is 18.3 Å². The molecule has 0 fully saturated rings. The van der Waals surface area contributed by atoms with Crippen molar-refractivity contribution in [3.05, 3.63) is 0 Å². The highest BCUT2D eigenvalue weighted by Crippen LogP contribution is 2.12. The molecule has 2 N–H and O–H groups in total. The van der Waals surface area contributed by atoms with Gasteiger partial charge in [-0.15, -0.1) is 0 Å². The van der Waals surface area contributed by atoms with Crippen molar-refractivity contribution in [2.24, 2.45) is 5.92 Å². The Labute approximate surface area is 100 Å². The molecule has 0 aliphatic rings. The molecule has 0 aliphatic heterocycles. The first kappa shape index (κ1) is 16.7. The lowest BCUT2D eigenvalue weighted by molar-refractivity contribution is -0.126. The number of rotatable bonds is 8. The molecule has 0 radical (unpaired) electrons. The zero-order chi connectivity index (χ0) is 13.5. The fourth-order valence-electron chi connectivity index (χ4n) is 1.45. The first-order chi connectivity index (χ1) is 7.70. The van der Waals surface area contributed by atoms with Crippen LogP contribution < -0.4 is 5.32 Å². The van der Waals surface area contributed by atoms with Crippen molar-refractivity contribution in [3.63, 3.8) is 0 Å². The Morgan fingerprint density at radius 2 is 1.82 bits per heavy atom. The van der Waals surface area contributed by atoms with Gasteiger partial charge in [-0.2, -0.15) is 13.2 Å². The van der Waals surface area contributed by atoms with Crippen molar-refractivity contribution >= 4 is 0 Å². The van der Waals surface area contributed by atoms with Crippen molar-refractivity contribution in [3.8, 4) is 0 Å². The number of aliphatic hydroxyl groups is 1. The van der Waals surface area contributed by atoms with Gasteiger partial charge in [0.05, 0.1) is 25.4 Å². The van der Waals surface area contributed by atoms with Crippen molar-refractivity contribution in [1.82, 2.24) is 5.32 Å². The summed E-state index contributed by atoms with van der Waals surface area (Å²) in [6.45, 7) is 4.84. The predicted octanol–water partition coefficient (Wildman–Crippen LogP) is 1.95. The van der Waals surface area contributed by atoms with Gasteiger partial charge in [0.2, 0.25) is 0 Å². The molecule has 0 saturated carbocycles. The van der Waals surface area contributed by atoms with Crippen LogP contribution in [0.1, 0.15) is 27.2 Å². The monoisotopic (exact) mass is 257 g/mol. The number of hydrogen-bond donors (Lipinski definition) is 2. The summed E-state index contributed by atoms with van der Waals surface area (Å²) in [4.78, 5) is 0. The minimum absolute atomic E-state index is 0.00673.